The van der Waals surface area contributed by atoms with Gasteiger partial charge in [-0.3, -0.25) is 14.5 Å². The van der Waals surface area contributed by atoms with E-state index in [1.807, 2.05) is 31.2 Å². The van der Waals surface area contributed by atoms with Crippen LogP contribution in [0.3, 0.4) is 0 Å². The molecule has 3 rings (SSSR count). The first-order chi connectivity index (χ1) is 13.8. The Bertz CT molecular complexity index is 935. The Labute approximate surface area is 179 Å². The summed E-state index contributed by atoms with van der Waals surface area (Å²) in [7, 11) is 0. The monoisotopic (exact) mass is 431 g/mol. The molecule has 152 valence electrons. The first-order valence-corrected chi connectivity index (χ1v) is 10.5. The number of hydrogen-bond donors (Lipinski definition) is 2. The fourth-order valence-electron chi connectivity index (χ4n) is 3.03. The summed E-state index contributed by atoms with van der Waals surface area (Å²) in [6.07, 6.45) is 0. The molecule has 1 aliphatic rings. The molecule has 2 aromatic rings. The number of benzene rings is 2. The molecule has 29 heavy (non-hydrogen) atoms. The van der Waals surface area contributed by atoms with E-state index in [2.05, 4.69) is 10.6 Å². The fourth-order valence-corrected chi connectivity index (χ4v) is 3.99. The van der Waals surface area contributed by atoms with Crippen LogP contribution in [-0.4, -0.2) is 41.6 Å². The van der Waals surface area contributed by atoms with Gasteiger partial charge in [0.2, 0.25) is 5.91 Å². The average Bonchev–Trinajstić information content (AvgIpc) is 2.91. The predicted molar refractivity (Wildman–Crippen MR) is 114 cm³/mol. The smallest absolute Gasteiger partial charge is 0.325 e. The molecule has 8 heteroatoms. The van der Waals surface area contributed by atoms with Gasteiger partial charge in [0.1, 0.15) is 12.1 Å². The van der Waals surface area contributed by atoms with Gasteiger partial charge < -0.3 is 10.6 Å². The molecule has 1 fully saturated rings. The van der Waals surface area contributed by atoms with Crippen LogP contribution in [0.25, 0.3) is 0 Å². The van der Waals surface area contributed by atoms with Crippen LogP contribution in [0.1, 0.15) is 18.1 Å². The Morgan fingerprint density at radius 1 is 1.21 bits per heavy atom. The van der Waals surface area contributed by atoms with Crippen LogP contribution >= 0.6 is 23.4 Å². The van der Waals surface area contributed by atoms with Crippen molar-refractivity contribution in [1.29, 1.82) is 0 Å². The van der Waals surface area contributed by atoms with E-state index in [-0.39, 0.29) is 12.5 Å². The van der Waals surface area contributed by atoms with E-state index in [0.717, 1.165) is 9.80 Å². The van der Waals surface area contributed by atoms with Gasteiger partial charge in [0, 0.05) is 22.2 Å². The third-order valence-electron chi connectivity index (χ3n) is 4.69. The molecular formula is C21H22ClN3O3S. The molecule has 1 unspecified atom stereocenters. The van der Waals surface area contributed by atoms with Gasteiger partial charge in [-0.2, -0.15) is 0 Å². The van der Waals surface area contributed by atoms with E-state index in [1.54, 1.807) is 43.0 Å². The van der Waals surface area contributed by atoms with Crippen molar-refractivity contribution in [3.63, 3.8) is 0 Å². The van der Waals surface area contributed by atoms with Crippen LogP contribution < -0.4 is 10.6 Å². The highest BCUT2D eigenvalue weighted by Crippen LogP contribution is 2.30. The molecule has 2 N–H and O–H groups in total. The summed E-state index contributed by atoms with van der Waals surface area (Å²) in [5.41, 5.74) is 0.519. The van der Waals surface area contributed by atoms with Crippen LogP contribution in [0.15, 0.2) is 53.4 Å². The number of carbonyl (C=O) groups excluding carboxylic acids is 3. The summed E-state index contributed by atoms with van der Waals surface area (Å²) in [6.45, 7) is 3.75. The highest BCUT2D eigenvalue weighted by Gasteiger charge is 2.49. The maximum atomic E-state index is 12.8. The molecule has 2 aromatic carbocycles. The van der Waals surface area contributed by atoms with Crippen molar-refractivity contribution >= 4 is 41.2 Å². The van der Waals surface area contributed by atoms with Crippen molar-refractivity contribution in [1.82, 2.24) is 15.5 Å². The Balaban J connectivity index is 1.53. The maximum Gasteiger partial charge on any atom is 0.325 e. The van der Waals surface area contributed by atoms with E-state index < -0.39 is 17.5 Å². The Hall–Kier alpha value is -2.51. The van der Waals surface area contributed by atoms with Gasteiger partial charge in [0.15, 0.2) is 0 Å². The third kappa shape index (κ3) is 4.92. The summed E-state index contributed by atoms with van der Waals surface area (Å²) in [5, 5.41) is 5.89. The van der Waals surface area contributed by atoms with E-state index in [9.17, 15) is 14.4 Å². The van der Waals surface area contributed by atoms with Gasteiger partial charge in [-0.1, -0.05) is 41.4 Å². The lowest BCUT2D eigenvalue weighted by atomic mass is 9.92. The Morgan fingerprint density at radius 2 is 1.93 bits per heavy atom. The lowest BCUT2D eigenvalue weighted by Gasteiger charge is -2.22. The number of urea groups is 1. The van der Waals surface area contributed by atoms with Gasteiger partial charge in [-0.15, -0.1) is 11.8 Å². The minimum Gasteiger partial charge on any atom is -0.354 e. The van der Waals surface area contributed by atoms with Crippen LogP contribution in [0.2, 0.25) is 5.02 Å². The topological polar surface area (TPSA) is 78.5 Å². The fraction of sp³-hybridized carbons (Fsp3) is 0.286. The molecular weight excluding hydrogens is 410 g/mol. The van der Waals surface area contributed by atoms with Gasteiger partial charge in [0.25, 0.3) is 5.91 Å². The lowest BCUT2D eigenvalue weighted by Crippen LogP contribution is -2.43. The second-order valence-corrected chi connectivity index (χ2v) is 8.57. The number of amides is 4. The summed E-state index contributed by atoms with van der Waals surface area (Å²) in [4.78, 5) is 39.4. The van der Waals surface area contributed by atoms with Crippen LogP contribution in [0.5, 0.6) is 0 Å². The minimum absolute atomic E-state index is 0.323. The number of nitrogens with one attached hydrogen (secondary N) is 2. The van der Waals surface area contributed by atoms with E-state index in [1.165, 1.54) is 5.56 Å². The molecule has 1 heterocycles. The first-order valence-electron chi connectivity index (χ1n) is 9.16. The van der Waals surface area contributed by atoms with Crippen molar-refractivity contribution in [3.05, 3.63) is 64.7 Å². The molecule has 0 saturated carbocycles. The zero-order valence-electron chi connectivity index (χ0n) is 16.2. The normalized spacial score (nSPS) is 18.7. The Morgan fingerprint density at radius 3 is 2.62 bits per heavy atom. The molecule has 0 aromatic heterocycles. The van der Waals surface area contributed by atoms with Gasteiger partial charge in [0.05, 0.1) is 0 Å². The van der Waals surface area contributed by atoms with E-state index >= 15 is 0 Å². The summed E-state index contributed by atoms with van der Waals surface area (Å²) in [5.74, 6) is -0.169. The second-order valence-electron chi connectivity index (χ2n) is 6.97. The number of nitrogens with zero attached hydrogens (tertiary/aromatic N) is 1. The first kappa shape index (κ1) is 21.2. The van der Waals surface area contributed by atoms with Gasteiger partial charge >= 0.3 is 6.03 Å². The summed E-state index contributed by atoms with van der Waals surface area (Å²) < 4.78 is 0. The van der Waals surface area contributed by atoms with Gasteiger partial charge in [-0.25, -0.2) is 4.79 Å². The van der Waals surface area contributed by atoms with Crippen molar-refractivity contribution in [3.8, 4) is 0 Å². The van der Waals surface area contributed by atoms with Crippen molar-refractivity contribution in [2.24, 2.45) is 0 Å². The standard InChI is InChI=1S/C21H22ClN3O3S/c1-14-6-8-17(9-7-14)29-11-10-23-18(26)13-25-19(27)21(2,24-20(25)28)15-4-3-5-16(22)12-15/h3-9,12H,10-11,13H2,1-2H3,(H,23,26)(H,24,28). The highest BCUT2D eigenvalue weighted by atomic mass is 35.5. The summed E-state index contributed by atoms with van der Waals surface area (Å²) >= 11 is 7.64. The quantitative estimate of drug-likeness (QED) is 0.400. The molecule has 4 amide bonds. The van der Waals surface area contributed by atoms with Crippen LogP contribution in [0, 0.1) is 6.92 Å². The Kier molecular flexibility index (Phi) is 6.49. The third-order valence-corrected chi connectivity index (χ3v) is 5.94. The van der Waals surface area contributed by atoms with Crippen molar-refractivity contribution < 1.29 is 14.4 Å². The number of rotatable bonds is 7. The zero-order valence-corrected chi connectivity index (χ0v) is 17.8. The number of imide groups is 1. The SMILES string of the molecule is Cc1ccc(SCCNC(=O)CN2C(=O)NC(C)(c3cccc(Cl)c3)C2=O)cc1. The number of aryl methyl sites for hydroxylation is 1. The molecule has 1 aliphatic heterocycles. The molecule has 1 atom stereocenters. The number of hydrogen-bond acceptors (Lipinski definition) is 4. The number of halogens is 1. The number of thioether (sulfide) groups is 1. The molecule has 0 spiro atoms. The van der Waals surface area contributed by atoms with Crippen LogP contribution in [0.4, 0.5) is 4.79 Å². The molecule has 0 bridgehead atoms. The molecule has 0 radical (unpaired) electrons. The molecule has 1 saturated heterocycles. The van der Waals surface area contributed by atoms with Crippen LogP contribution in [-0.2, 0) is 15.1 Å². The minimum atomic E-state index is -1.25. The predicted octanol–water partition coefficient (Wildman–Crippen LogP) is 3.32. The molecule has 6 nitrogen and oxygen atoms in total. The van der Waals surface area contributed by atoms with Crippen molar-refractivity contribution in [2.75, 3.05) is 18.8 Å². The maximum absolute atomic E-state index is 12.8. The van der Waals surface area contributed by atoms with Gasteiger partial charge in [-0.05, 0) is 43.7 Å². The van der Waals surface area contributed by atoms with E-state index in [0.29, 0.717) is 22.9 Å². The summed E-state index contributed by atoms with van der Waals surface area (Å²) in [6, 6.07) is 14.3. The number of carbonyl (C=O) groups is 3. The van der Waals surface area contributed by atoms with E-state index in [4.69, 9.17) is 11.6 Å². The largest absolute Gasteiger partial charge is 0.354 e. The average molecular weight is 432 g/mol. The highest BCUT2D eigenvalue weighted by molar-refractivity contribution is 7.99. The molecule has 0 aliphatic carbocycles. The second kappa shape index (κ2) is 8.88. The lowest BCUT2D eigenvalue weighted by molar-refractivity contribution is -0.134. The zero-order chi connectivity index (χ0) is 21.0. The van der Waals surface area contributed by atoms with Crippen molar-refractivity contribution in [2.45, 2.75) is 24.3 Å².